The molecule has 212 valence electrons. The highest BCUT2D eigenvalue weighted by atomic mass is 16.5. The van der Waals surface area contributed by atoms with Crippen LogP contribution in [-0.4, -0.2) is 56.3 Å². The van der Waals surface area contributed by atoms with Gasteiger partial charge in [-0.2, -0.15) is 0 Å². The molecule has 0 saturated heterocycles. The zero-order valence-corrected chi connectivity index (χ0v) is 22.4. The second-order valence-electron chi connectivity index (χ2n) is 11.9. The standard InChI is InChI=1S/C29H40N4O6/c34-25(33-27-30-8-2-9-31-27)3-1-10-38-23-6-4-19(5-7-23)14-24(26(35)36)32-28(37)39-18-29-15-20-11-21(16-29)13-22(12-20)17-29/h4-7,20-22,24H,1-3,8-18H2,(H,32,37)(H,35,36)(H2,30,31,33,34)/p-1/t20?,21?,22?,24-,29?/m0/s1. The predicted octanol–water partition coefficient (Wildman–Crippen LogP) is 1.91. The summed E-state index contributed by atoms with van der Waals surface area (Å²) in [4.78, 5) is 40.5. The average Bonchev–Trinajstić information content (AvgIpc) is 2.90. The molecule has 1 aromatic rings. The number of aliphatic imine (C=N–C) groups is 1. The van der Waals surface area contributed by atoms with Crippen LogP contribution < -0.4 is 25.8 Å². The molecule has 1 atom stereocenters. The van der Waals surface area contributed by atoms with E-state index in [2.05, 4.69) is 20.9 Å². The van der Waals surface area contributed by atoms with Gasteiger partial charge in [-0.3, -0.25) is 15.1 Å². The van der Waals surface area contributed by atoms with Gasteiger partial charge in [0.2, 0.25) is 5.91 Å². The minimum absolute atomic E-state index is 0.0735. The average molecular weight is 540 g/mol. The number of guanidine groups is 1. The molecule has 10 nitrogen and oxygen atoms in total. The molecule has 4 saturated carbocycles. The lowest BCUT2D eigenvalue weighted by Gasteiger charge is -2.56. The second kappa shape index (κ2) is 12.3. The number of carbonyl (C=O) groups excluding carboxylic acids is 3. The molecule has 0 radical (unpaired) electrons. The van der Waals surface area contributed by atoms with Gasteiger partial charge in [0.15, 0.2) is 5.96 Å². The van der Waals surface area contributed by atoms with Crippen LogP contribution in [0.4, 0.5) is 4.79 Å². The van der Waals surface area contributed by atoms with Crippen LogP contribution in [0.25, 0.3) is 0 Å². The zero-order valence-electron chi connectivity index (χ0n) is 22.4. The van der Waals surface area contributed by atoms with Crippen molar-refractivity contribution in [3.63, 3.8) is 0 Å². The summed E-state index contributed by atoms with van der Waals surface area (Å²) in [5, 5.41) is 20.0. The first-order valence-electron chi connectivity index (χ1n) is 14.3. The van der Waals surface area contributed by atoms with Crippen LogP contribution >= 0.6 is 0 Å². The van der Waals surface area contributed by atoms with Crippen molar-refractivity contribution in [2.45, 2.75) is 70.3 Å². The van der Waals surface area contributed by atoms with Crippen LogP contribution in [0.5, 0.6) is 5.75 Å². The van der Waals surface area contributed by atoms with Gasteiger partial charge in [-0.05, 0) is 93.2 Å². The molecule has 0 aromatic heterocycles. The van der Waals surface area contributed by atoms with E-state index < -0.39 is 18.1 Å². The van der Waals surface area contributed by atoms with Crippen LogP contribution in [0, 0.1) is 23.2 Å². The molecular formula is C29H39N4O6-. The largest absolute Gasteiger partial charge is 0.548 e. The molecule has 5 aliphatic rings. The summed E-state index contributed by atoms with van der Waals surface area (Å²) in [6.07, 6.45) is 8.49. The van der Waals surface area contributed by atoms with Gasteiger partial charge in [0.05, 0.1) is 25.2 Å². The Hall–Kier alpha value is -3.30. The van der Waals surface area contributed by atoms with Gasteiger partial charge in [-0.25, -0.2) is 4.79 Å². The molecule has 0 spiro atoms. The van der Waals surface area contributed by atoms with Crippen molar-refractivity contribution in [3.05, 3.63) is 29.8 Å². The Morgan fingerprint density at radius 2 is 1.77 bits per heavy atom. The molecule has 4 bridgehead atoms. The number of carboxylic acids is 1. The van der Waals surface area contributed by atoms with Crippen molar-refractivity contribution in [1.82, 2.24) is 16.0 Å². The van der Waals surface area contributed by atoms with Gasteiger partial charge in [0.25, 0.3) is 0 Å². The molecule has 4 aliphatic carbocycles. The Kier molecular flexibility index (Phi) is 8.57. The third-order valence-electron chi connectivity index (χ3n) is 8.59. The summed E-state index contributed by atoms with van der Waals surface area (Å²) in [5.74, 6) is 1.95. The van der Waals surface area contributed by atoms with Gasteiger partial charge < -0.3 is 30.0 Å². The third kappa shape index (κ3) is 7.42. The SMILES string of the molecule is O=C(CCCOc1ccc(C[C@H](NC(=O)OCC23CC4CC(CC(C4)C2)C3)C(=O)[O-])cc1)NC1=NCCCN1. The van der Waals surface area contributed by atoms with Crippen LogP contribution in [-0.2, 0) is 20.7 Å². The number of nitrogens with zero attached hydrogens (tertiary/aromatic N) is 1. The maximum atomic E-state index is 12.5. The summed E-state index contributed by atoms with van der Waals surface area (Å²) in [6.45, 7) is 2.25. The summed E-state index contributed by atoms with van der Waals surface area (Å²) in [7, 11) is 0. The van der Waals surface area contributed by atoms with E-state index in [1.165, 1.54) is 19.3 Å². The highest BCUT2D eigenvalue weighted by Crippen LogP contribution is 2.60. The van der Waals surface area contributed by atoms with Crippen molar-refractivity contribution < 1.29 is 29.0 Å². The van der Waals surface area contributed by atoms with Crippen LogP contribution in [0.3, 0.4) is 0 Å². The lowest BCUT2D eigenvalue weighted by atomic mass is 9.50. The highest BCUT2D eigenvalue weighted by molar-refractivity contribution is 5.97. The predicted molar refractivity (Wildman–Crippen MR) is 142 cm³/mol. The van der Waals surface area contributed by atoms with E-state index in [1.807, 2.05) is 0 Å². The molecule has 1 heterocycles. The fourth-order valence-electron chi connectivity index (χ4n) is 7.25. The van der Waals surface area contributed by atoms with E-state index in [0.29, 0.717) is 44.3 Å². The van der Waals surface area contributed by atoms with E-state index in [0.717, 1.165) is 55.5 Å². The number of carbonyl (C=O) groups is 3. The van der Waals surface area contributed by atoms with Crippen molar-refractivity contribution in [2.75, 3.05) is 26.3 Å². The summed E-state index contributed by atoms with van der Waals surface area (Å²) in [5.41, 5.74) is 0.794. The van der Waals surface area contributed by atoms with E-state index in [-0.39, 0.29) is 17.7 Å². The third-order valence-corrected chi connectivity index (χ3v) is 8.59. The second-order valence-corrected chi connectivity index (χ2v) is 11.9. The number of nitrogens with one attached hydrogen (secondary N) is 3. The van der Waals surface area contributed by atoms with Crippen molar-refractivity contribution >= 4 is 23.9 Å². The number of hydrogen-bond acceptors (Lipinski definition) is 8. The van der Waals surface area contributed by atoms with E-state index >= 15 is 0 Å². The number of rotatable bonds is 11. The number of alkyl carbamates (subject to hydrolysis) is 1. The highest BCUT2D eigenvalue weighted by Gasteiger charge is 2.51. The smallest absolute Gasteiger partial charge is 0.407 e. The van der Waals surface area contributed by atoms with Crippen LogP contribution in [0.15, 0.2) is 29.3 Å². The van der Waals surface area contributed by atoms with Gasteiger partial charge in [-0.1, -0.05) is 12.1 Å². The molecule has 1 aromatic carbocycles. The Labute approximate surface area is 229 Å². The first-order valence-corrected chi connectivity index (χ1v) is 14.3. The number of amides is 2. The summed E-state index contributed by atoms with van der Waals surface area (Å²) < 4.78 is 11.3. The molecule has 1 aliphatic heterocycles. The van der Waals surface area contributed by atoms with Gasteiger partial charge in [0.1, 0.15) is 5.75 Å². The van der Waals surface area contributed by atoms with E-state index in [1.54, 1.807) is 24.3 Å². The number of benzene rings is 1. The molecular weight excluding hydrogens is 500 g/mol. The molecule has 10 heteroatoms. The minimum Gasteiger partial charge on any atom is -0.548 e. The van der Waals surface area contributed by atoms with Gasteiger partial charge >= 0.3 is 6.09 Å². The molecule has 2 amide bonds. The Morgan fingerprint density at radius 1 is 1.08 bits per heavy atom. The Bertz CT molecular complexity index is 1040. The maximum Gasteiger partial charge on any atom is 0.407 e. The monoisotopic (exact) mass is 539 g/mol. The Morgan fingerprint density at radius 3 is 2.38 bits per heavy atom. The molecule has 4 fully saturated rings. The van der Waals surface area contributed by atoms with Crippen molar-refractivity contribution in [3.8, 4) is 5.75 Å². The van der Waals surface area contributed by atoms with Crippen LogP contribution in [0.1, 0.15) is 63.4 Å². The fourth-order valence-corrected chi connectivity index (χ4v) is 7.25. The lowest BCUT2D eigenvalue weighted by Crippen LogP contribution is -2.51. The molecule has 6 rings (SSSR count). The Balaban J connectivity index is 1.02. The van der Waals surface area contributed by atoms with Crippen molar-refractivity contribution in [2.24, 2.45) is 28.2 Å². The summed E-state index contributed by atoms with van der Waals surface area (Å²) in [6, 6.07) is 5.81. The van der Waals surface area contributed by atoms with E-state index in [9.17, 15) is 19.5 Å². The first-order chi connectivity index (χ1) is 18.9. The molecule has 0 unspecified atom stereocenters. The number of hydrogen-bond donors (Lipinski definition) is 3. The van der Waals surface area contributed by atoms with Crippen molar-refractivity contribution in [1.29, 1.82) is 0 Å². The topological polar surface area (TPSA) is 141 Å². The molecule has 39 heavy (non-hydrogen) atoms. The number of aliphatic carboxylic acids is 1. The van der Waals surface area contributed by atoms with Gasteiger partial charge in [-0.15, -0.1) is 0 Å². The zero-order chi connectivity index (χ0) is 27.2. The normalized spacial score (nSPS) is 27.6. The fraction of sp³-hybridized carbons (Fsp3) is 0.655. The van der Waals surface area contributed by atoms with Gasteiger partial charge in [0, 0.05) is 24.9 Å². The lowest BCUT2D eigenvalue weighted by molar-refractivity contribution is -0.308. The molecule has 3 N–H and O–H groups in total. The summed E-state index contributed by atoms with van der Waals surface area (Å²) >= 11 is 0. The minimum atomic E-state index is -1.35. The van der Waals surface area contributed by atoms with E-state index in [4.69, 9.17) is 9.47 Å². The maximum absolute atomic E-state index is 12.5. The van der Waals surface area contributed by atoms with Crippen LogP contribution in [0.2, 0.25) is 0 Å². The number of ether oxygens (including phenoxy) is 2. The number of carboxylic acid groups (broad SMARTS) is 1. The quantitative estimate of drug-likeness (QED) is 0.365. The first kappa shape index (κ1) is 27.3.